The topological polar surface area (TPSA) is 78.9 Å². The molecule has 31 heavy (non-hydrogen) atoms. The first-order chi connectivity index (χ1) is 15.1. The van der Waals surface area contributed by atoms with E-state index in [1.807, 2.05) is 30.3 Å². The van der Waals surface area contributed by atoms with Crippen LogP contribution in [0.2, 0.25) is 0 Å². The average Bonchev–Trinajstić information content (AvgIpc) is 2.77. The predicted octanol–water partition coefficient (Wildman–Crippen LogP) is 4.58. The van der Waals surface area contributed by atoms with Crippen LogP contribution in [0, 0.1) is 5.92 Å². The van der Waals surface area contributed by atoms with Crippen molar-refractivity contribution >= 4 is 21.9 Å². The summed E-state index contributed by atoms with van der Waals surface area (Å²) in [6.45, 7) is 2.05. The SMILES string of the molecule is CCC[C@]12Oc3oc4ccccc4c(=O)c3C[C@H]1Cc1c(c3ccccc3oc1=O)O2. The van der Waals surface area contributed by atoms with Gasteiger partial charge in [0.2, 0.25) is 0 Å². The molecular weight excluding hydrogens is 396 g/mol. The van der Waals surface area contributed by atoms with Gasteiger partial charge in [-0.15, -0.1) is 0 Å². The highest BCUT2D eigenvalue weighted by Gasteiger charge is 2.52. The Labute approximate surface area is 177 Å². The molecule has 0 spiro atoms. The highest BCUT2D eigenvalue weighted by atomic mass is 16.7. The van der Waals surface area contributed by atoms with Crippen LogP contribution >= 0.6 is 0 Å². The minimum atomic E-state index is -1.01. The maximum Gasteiger partial charge on any atom is 0.343 e. The van der Waals surface area contributed by atoms with E-state index in [0.29, 0.717) is 52.7 Å². The van der Waals surface area contributed by atoms with E-state index in [1.165, 1.54) is 0 Å². The summed E-state index contributed by atoms with van der Waals surface area (Å²) in [5.41, 5.74) is 1.44. The zero-order valence-electron chi connectivity index (χ0n) is 17.0. The molecule has 2 aromatic carbocycles. The Hall–Kier alpha value is -3.54. The van der Waals surface area contributed by atoms with Crippen molar-refractivity contribution in [2.45, 2.75) is 38.4 Å². The van der Waals surface area contributed by atoms with Crippen molar-refractivity contribution in [3.8, 4) is 11.7 Å². The number of fused-ring (bicyclic) bond motifs is 6. The number of hydrogen-bond acceptors (Lipinski definition) is 6. The van der Waals surface area contributed by atoms with E-state index in [0.717, 1.165) is 11.8 Å². The largest absolute Gasteiger partial charge is 0.451 e. The van der Waals surface area contributed by atoms with Crippen molar-refractivity contribution < 1.29 is 18.3 Å². The molecule has 0 fully saturated rings. The lowest BCUT2D eigenvalue weighted by Gasteiger charge is -2.46. The van der Waals surface area contributed by atoms with Gasteiger partial charge in [-0.05, 0) is 43.5 Å². The second kappa shape index (κ2) is 6.48. The fourth-order valence-electron chi connectivity index (χ4n) is 4.92. The second-order valence-electron chi connectivity index (χ2n) is 8.26. The molecule has 4 heterocycles. The molecule has 0 bridgehead atoms. The summed E-state index contributed by atoms with van der Waals surface area (Å²) < 4.78 is 24.4. The van der Waals surface area contributed by atoms with Crippen LogP contribution in [-0.4, -0.2) is 5.79 Å². The highest BCUT2D eigenvalue weighted by Crippen LogP contribution is 2.47. The van der Waals surface area contributed by atoms with E-state index < -0.39 is 11.4 Å². The molecule has 2 aliphatic heterocycles. The molecule has 0 saturated heterocycles. The Morgan fingerprint density at radius 1 is 0.871 bits per heavy atom. The highest BCUT2D eigenvalue weighted by molar-refractivity contribution is 5.84. The summed E-state index contributed by atoms with van der Waals surface area (Å²) in [7, 11) is 0. The Kier molecular flexibility index (Phi) is 3.81. The molecule has 2 atom stereocenters. The van der Waals surface area contributed by atoms with Gasteiger partial charge in [0.05, 0.1) is 21.9 Å². The molecule has 0 amide bonds. The molecule has 0 radical (unpaired) electrons. The zero-order chi connectivity index (χ0) is 21.2. The predicted molar refractivity (Wildman–Crippen MR) is 115 cm³/mol. The molecule has 6 rings (SSSR count). The number of hydrogen-bond donors (Lipinski definition) is 0. The molecule has 0 unspecified atom stereocenters. The van der Waals surface area contributed by atoms with Gasteiger partial charge >= 0.3 is 5.63 Å². The van der Waals surface area contributed by atoms with E-state index in [-0.39, 0.29) is 17.3 Å². The molecule has 4 aromatic rings. The van der Waals surface area contributed by atoms with Crippen molar-refractivity contribution in [2.24, 2.45) is 5.92 Å². The Morgan fingerprint density at radius 2 is 1.55 bits per heavy atom. The summed E-state index contributed by atoms with van der Waals surface area (Å²) in [6.07, 6.45) is 2.22. The molecule has 6 heteroatoms. The molecule has 156 valence electrons. The number of para-hydroxylation sites is 2. The number of rotatable bonds is 2. The minimum absolute atomic E-state index is 0.0988. The van der Waals surface area contributed by atoms with E-state index in [2.05, 4.69) is 6.92 Å². The van der Waals surface area contributed by atoms with Crippen LogP contribution in [0.3, 0.4) is 0 Å². The Balaban J connectivity index is 1.56. The third-order valence-electron chi connectivity index (χ3n) is 6.37. The van der Waals surface area contributed by atoms with Crippen molar-refractivity contribution in [1.29, 1.82) is 0 Å². The van der Waals surface area contributed by atoms with Crippen LogP contribution in [0.25, 0.3) is 21.9 Å². The van der Waals surface area contributed by atoms with E-state index in [4.69, 9.17) is 18.3 Å². The molecule has 6 nitrogen and oxygen atoms in total. The fourth-order valence-corrected chi connectivity index (χ4v) is 4.92. The van der Waals surface area contributed by atoms with Crippen LogP contribution in [-0.2, 0) is 12.8 Å². The van der Waals surface area contributed by atoms with Gasteiger partial charge < -0.3 is 18.3 Å². The fraction of sp³-hybridized carbons (Fsp3) is 0.280. The van der Waals surface area contributed by atoms with Crippen molar-refractivity contribution in [3.05, 3.63) is 80.3 Å². The molecular formula is C25H20O6. The van der Waals surface area contributed by atoms with Gasteiger partial charge in [-0.3, -0.25) is 4.79 Å². The van der Waals surface area contributed by atoms with Crippen molar-refractivity contribution in [2.75, 3.05) is 0 Å². The second-order valence-corrected chi connectivity index (χ2v) is 8.26. The number of benzene rings is 2. The third-order valence-corrected chi connectivity index (χ3v) is 6.37. The zero-order valence-corrected chi connectivity index (χ0v) is 17.0. The van der Waals surface area contributed by atoms with Crippen LogP contribution < -0.4 is 20.5 Å². The van der Waals surface area contributed by atoms with Gasteiger partial charge in [0, 0.05) is 12.3 Å². The number of ether oxygens (including phenoxy) is 2. The summed E-state index contributed by atoms with van der Waals surface area (Å²) in [4.78, 5) is 25.9. The summed E-state index contributed by atoms with van der Waals surface area (Å²) >= 11 is 0. The standard InChI is InChI=1S/C25H20O6/c1-2-11-25-14(12-17-21(26)15-7-3-5-9-19(15)29-24(17)31-25)13-18-22(30-25)16-8-4-6-10-20(16)28-23(18)27/h3-10,14H,2,11-13H2,1H3/t14-,25-/m0/s1. The minimum Gasteiger partial charge on any atom is -0.451 e. The molecule has 2 aliphatic rings. The van der Waals surface area contributed by atoms with Crippen LogP contribution in [0.5, 0.6) is 11.7 Å². The van der Waals surface area contributed by atoms with Gasteiger partial charge in [-0.2, -0.15) is 0 Å². The van der Waals surface area contributed by atoms with Crippen LogP contribution in [0.1, 0.15) is 30.9 Å². The Bertz CT molecular complexity index is 1460. The lowest BCUT2D eigenvalue weighted by Crippen LogP contribution is -2.56. The summed E-state index contributed by atoms with van der Waals surface area (Å²) in [5.74, 6) is -0.503. The monoisotopic (exact) mass is 416 g/mol. The van der Waals surface area contributed by atoms with Gasteiger partial charge in [-0.1, -0.05) is 31.2 Å². The van der Waals surface area contributed by atoms with E-state index in [9.17, 15) is 9.59 Å². The first-order valence-corrected chi connectivity index (χ1v) is 10.6. The molecule has 2 aromatic heterocycles. The summed E-state index contributed by atoms with van der Waals surface area (Å²) in [5, 5.41) is 1.26. The van der Waals surface area contributed by atoms with Crippen molar-refractivity contribution in [3.63, 3.8) is 0 Å². The quantitative estimate of drug-likeness (QED) is 0.445. The maximum atomic E-state index is 13.1. The lowest BCUT2D eigenvalue weighted by atomic mass is 9.79. The molecule has 0 aliphatic carbocycles. The van der Waals surface area contributed by atoms with Gasteiger partial charge in [0.15, 0.2) is 5.43 Å². The Morgan fingerprint density at radius 3 is 2.32 bits per heavy atom. The molecule has 0 saturated carbocycles. The first-order valence-electron chi connectivity index (χ1n) is 10.6. The van der Waals surface area contributed by atoms with Crippen molar-refractivity contribution in [1.82, 2.24) is 0 Å². The van der Waals surface area contributed by atoms with Crippen LogP contribution in [0.4, 0.5) is 0 Å². The smallest absolute Gasteiger partial charge is 0.343 e. The average molecular weight is 416 g/mol. The van der Waals surface area contributed by atoms with E-state index >= 15 is 0 Å². The first kappa shape index (κ1) is 18.2. The third kappa shape index (κ3) is 2.57. The van der Waals surface area contributed by atoms with Gasteiger partial charge in [-0.25, -0.2) is 4.79 Å². The maximum absolute atomic E-state index is 13.1. The van der Waals surface area contributed by atoms with E-state index in [1.54, 1.807) is 18.2 Å². The van der Waals surface area contributed by atoms with Crippen LogP contribution in [0.15, 0.2) is 67.0 Å². The van der Waals surface area contributed by atoms with Gasteiger partial charge in [0.25, 0.3) is 11.7 Å². The van der Waals surface area contributed by atoms with Gasteiger partial charge in [0.1, 0.15) is 16.9 Å². The normalized spacial score (nSPS) is 21.6. The lowest BCUT2D eigenvalue weighted by molar-refractivity contribution is -0.188. The molecule has 0 N–H and O–H groups in total. The summed E-state index contributed by atoms with van der Waals surface area (Å²) in [6, 6.07) is 14.5.